The van der Waals surface area contributed by atoms with Crippen LogP contribution in [0.25, 0.3) is 0 Å². The van der Waals surface area contributed by atoms with Crippen LogP contribution in [0.2, 0.25) is 0 Å². The first-order valence-electron chi connectivity index (χ1n) is 5.69. The summed E-state index contributed by atoms with van der Waals surface area (Å²) in [4.78, 5) is 24.2. The highest BCUT2D eigenvalue weighted by Gasteiger charge is 2.30. The van der Waals surface area contributed by atoms with Gasteiger partial charge in [-0.2, -0.15) is 11.8 Å². The third-order valence-corrected chi connectivity index (χ3v) is 3.51. The molecule has 1 unspecified atom stereocenters. The van der Waals surface area contributed by atoms with Gasteiger partial charge in [0.05, 0.1) is 6.04 Å². The second-order valence-electron chi connectivity index (χ2n) is 4.04. The van der Waals surface area contributed by atoms with Crippen LogP contribution in [-0.4, -0.2) is 48.4 Å². The fraction of sp³-hybridized carbons (Fsp3) is 0.818. The van der Waals surface area contributed by atoms with E-state index in [9.17, 15) is 9.59 Å². The Morgan fingerprint density at radius 2 is 2.19 bits per heavy atom. The van der Waals surface area contributed by atoms with Crippen molar-refractivity contribution in [3.05, 3.63) is 0 Å². The minimum atomic E-state index is -0.156. The average molecular weight is 244 g/mol. The van der Waals surface area contributed by atoms with Gasteiger partial charge in [0.2, 0.25) is 11.8 Å². The van der Waals surface area contributed by atoms with Crippen LogP contribution < -0.4 is 5.32 Å². The van der Waals surface area contributed by atoms with Crippen molar-refractivity contribution >= 4 is 23.6 Å². The number of hydrogen-bond acceptors (Lipinski definition) is 4. The molecule has 92 valence electrons. The number of carbonyl (C=O) groups is 2. The van der Waals surface area contributed by atoms with E-state index in [4.69, 9.17) is 0 Å². The molecule has 16 heavy (non-hydrogen) atoms. The second kappa shape index (κ2) is 6.91. The molecule has 1 atom stereocenters. The quantitative estimate of drug-likeness (QED) is 0.556. The van der Waals surface area contributed by atoms with E-state index in [0.29, 0.717) is 12.8 Å². The van der Waals surface area contributed by atoms with E-state index >= 15 is 0 Å². The number of hydrogen-bond donors (Lipinski definition) is 1. The van der Waals surface area contributed by atoms with Gasteiger partial charge in [-0.1, -0.05) is 0 Å². The first kappa shape index (κ1) is 13.5. The summed E-state index contributed by atoms with van der Waals surface area (Å²) in [7, 11) is 1.56. The lowest BCUT2D eigenvalue weighted by Crippen LogP contribution is -2.51. The molecule has 0 aromatic carbocycles. The van der Waals surface area contributed by atoms with Crippen molar-refractivity contribution < 1.29 is 9.59 Å². The van der Waals surface area contributed by atoms with Gasteiger partial charge in [-0.3, -0.25) is 14.5 Å². The highest BCUT2D eigenvalue weighted by molar-refractivity contribution is 7.98. The molecular weight excluding hydrogens is 224 g/mol. The van der Waals surface area contributed by atoms with E-state index < -0.39 is 0 Å². The number of thioether (sulfide) groups is 1. The number of unbranched alkanes of at least 4 members (excludes halogenated alkanes) is 1. The van der Waals surface area contributed by atoms with Gasteiger partial charge in [-0.05, 0) is 37.8 Å². The molecule has 1 aliphatic heterocycles. The lowest BCUT2D eigenvalue weighted by molar-refractivity contribution is -0.148. The summed E-state index contributed by atoms with van der Waals surface area (Å²) in [6.45, 7) is 0.860. The van der Waals surface area contributed by atoms with Crippen molar-refractivity contribution in [2.45, 2.75) is 31.7 Å². The molecule has 1 N–H and O–H groups in total. The van der Waals surface area contributed by atoms with Crippen LogP contribution in [0.4, 0.5) is 0 Å². The van der Waals surface area contributed by atoms with Crippen LogP contribution in [-0.2, 0) is 9.59 Å². The summed E-state index contributed by atoms with van der Waals surface area (Å²) in [6.07, 6.45) is 5.47. The minimum Gasteiger partial charge on any atom is -0.306 e. The molecule has 0 radical (unpaired) electrons. The van der Waals surface area contributed by atoms with Crippen LogP contribution in [0.3, 0.4) is 0 Å². The van der Waals surface area contributed by atoms with Crippen molar-refractivity contribution in [3.63, 3.8) is 0 Å². The fourth-order valence-corrected chi connectivity index (χ4v) is 2.25. The van der Waals surface area contributed by atoms with E-state index in [0.717, 1.165) is 13.0 Å². The van der Waals surface area contributed by atoms with Crippen molar-refractivity contribution in [2.24, 2.45) is 0 Å². The number of amides is 2. The number of carbonyl (C=O) groups excluding carboxylic acids is 2. The maximum Gasteiger partial charge on any atom is 0.246 e. The van der Waals surface area contributed by atoms with E-state index in [2.05, 4.69) is 11.6 Å². The lowest BCUT2D eigenvalue weighted by Gasteiger charge is -2.28. The lowest BCUT2D eigenvalue weighted by atomic mass is 10.0. The van der Waals surface area contributed by atoms with Crippen molar-refractivity contribution in [1.29, 1.82) is 0 Å². The number of nitrogens with one attached hydrogen (secondary N) is 1. The Balaban J connectivity index is 2.22. The zero-order valence-electron chi connectivity index (χ0n) is 9.99. The smallest absolute Gasteiger partial charge is 0.246 e. The monoisotopic (exact) mass is 244 g/mol. The van der Waals surface area contributed by atoms with Gasteiger partial charge in [0.1, 0.15) is 0 Å². The molecule has 1 aliphatic rings. The zero-order chi connectivity index (χ0) is 12.0. The minimum absolute atomic E-state index is 0.0644. The molecule has 0 aromatic rings. The molecule has 4 nitrogen and oxygen atoms in total. The summed E-state index contributed by atoms with van der Waals surface area (Å²) < 4.78 is 0. The SMILES string of the molecule is CSCCCCNC1CCC(=O)N(C)C1=O. The first-order valence-corrected chi connectivity index (χ1v) is 7.09. The molecule has 0 aliphatic carbocycles. The number of piperidine rings is 1. The summed E-state index contributed by atoms with van der Waals surface area (Å²) in [6, 6.07) is -0.156. The Morgan fingerprint density at radius 1 is 1.44 bits per heavy atom. The number of likely N-dealkylation sites (tertiary alicyclic amines) is 1. The van der Waals surface area contributed by atoms with Crippen LogP contribution in [0.15, 0.2) is 0 Å². The van der Waals surface area contributed by atoms with Gasteiger partial charge in [0, 0.05) is 13.5 Å². The highest BCUT2D eigenvalue weighted by atomic mass is 32.2. The Morgan fingerprint density at radius 3 is 2.88 bits per heavy atom. The summed E-state index contributed by atoms with van der Waals surface area (Å²) in [5.74, 6) is 1.02. The van der Waals surface area contributed by atoms with Crippen molar-refractivity contribution in [1.82, 2.24) is 10.2 Å². The van der Waals surface area contributed by atoms with E-state index in [1.807, 2.05) is 11.8 Å². The molecule has 1 rings (SSSR count). The number of nitrogens with zero attached hydrogens (tertiary/aromatic N) is 1. The Labute approximate surface area is 101 Å². The molecular formula is C11H20N2O2S. The number of likely N-dealkylation sites (N-methyl/N-ethyl adjacent to an activating group) is 1. The standard InChI is InChI=1S/C11H20N2O2S/c1-13-10(14)6-5-9(11(13)15)12-7-3-4-8-16-2/h9,12H,3-8H2,1-2H3. The van der Waals surface area contributed by atoms with E-state index in [-0.39, 0.29) is 17.9 Å². The maximum absolute atomic E-state index is 11.7. The first-order chi connectivity index (χ1) is 7.66. The van der Waals surface area contributed by atoms with Crippen molar-refractivity contribution in [3.8, 4) is 0 Å². The predicted molar refractivity (Wildman–Crippen MR) is 66.4 cm³/mol. The molecule has 5 heteroatoms. The molecule has 2 amide bonds. The van der Waals surface area contributed by atoms with Gasteiger partial charge in [0.25, 0.3) is 0 Å². The second-order valence-corrected chi connectivity index (χ2v) is 5.02. The average Bonchev–Trinajstić information content (AvgIpc) is 2.28. The Bertz CT molecular complexity index is 258. The van der Waals surface area contributed by atoms with Gasteiger partial charge in [-0.15, -0.1) is 0 Å². The number of imide groups is 1. The summed E-state index contributed by atoms with van der Waals surface area (Å²) in [5.41, 5.74) is 0. The van der Waals surface area contributed by atoms with E-state index in [1.165, 1.54) is 17.1 Å². The predicted octanol–water partition coefficient (Wildman–Crippen LogP) is 0.867. The molecule has 0 bridgehead atoms. The Kier molecular flexibility index (Phi) is 5.84. The summed E-state index contributed by atoms with van der Waals surface area (Å²) >= 11 is 1.84. The van der Waals surface area contributed by atoms with Crippen LogP contribution in [0.5, 0.6) is 0 Å². The normalized spacial score (nSPS) is 21.6. The number of rotatable bonds is 6. The topological polar surface area (TPSA) is 49.4 Å². The van der Waals surface area contributed by atoms with Gasteiger partial charge >= 0.3 is 0 Å². The zero-order valence-corrected chi connectivity index (χ0v) is 10.8. The molecule has 1 fully saturated rings. The highest BCUT2D eigenvalue weighted by Crippen LogP contribution is 2.11. The third-order valence-electron chi connectivity index (χ3n) is 2.82. The largest absolute Gasteiger partial charge is 0.306 e. The van der Waals surface area contributed by atoms with Crippen LogP contribution in [0, 0.1) is 0 Å². The Hall–Kier alpha value is -0.550. The van der Waals surface area contributed by atoms with Gasteiger partial charge in [-0.25, -0.2) is 0 Å². The molecule has 0 saturated carbocycles. The van der Waals surface area contributed by atoms with Crippen molar-refractivity contribution in [2.75, 3.05) is 25.6 Å². The van der Waals surface area contributed by atoms with Crippen LogP contribution in [0.1, 0.15) is 25.7 Å². The van der Waals surface area contributed by atoms with Gasteiger partial charge < -0.3 is 5.32 Å². The summed E-state index contributed by atoms with van der Waals surface area (Å²) in [5, 5.41) is 3.23. The maximum atomic E-state index is 11.7. The molecule has 0 aromatic heterocycles. The van der Waals surface area contributed by atoms with E-state index in [1.54, 1.807) is 7.05 Å². The van der Waals surface area contributed by atoms with Gasteiger partial charge in [0.15, 0.2) is 0 Å². The molecule has 1 heterocycles. The molecule has 0 spiro atoms. The van der Waals surface area contributed by atoms with Crippen LogP contribution >= 0.6 is 11.8 Å². The fourth-order valence-electron chi connectivity index (χ4n) is 1.75. The third kappa shape index (κ3) is 3.79. The molecule has 1 saturated heterocycles.